The van der Waals surface area contributed by atoms with E-state index in [2.05, 4.69) is 20.9 Å². The van der Waals surface area contributed by atoms with Crippen LogP contribution in [-0.4, -0.2) is 12.8 Å². The number of hydrogen-bond acceptors (Lipinski definition) is 1. The fourth-order valence-electron chi connectivity index (χ4n) is 0.326. The quantitative estimate of drug-likeness (QED) is 0.489. The summed E-state index contributed by atoms with van der Waals surface area (Å²) in [4.78, 5) is 3.90. The maximum absolute atomic E-state index is 3.90. The van der Waals surface area contributed by atoms with Gasteiger partial charge in [-0.2, -0.15) is 0 Å². The second-order valence-corrected chi connectivity index (χ2v) is 2.12. The highest BCUT2D eigenvalue weighted by Crippen LogP contribution is 2.06. The third-order valence-corrected chi connectivity index (χ3v) is 1.12. The lowest BCUT2D eigenvalue weighted by Crippen LogP contribution is -1.64. The molecule has 0 aliphatic carbocycles. The third kappa shape index (κ3) is 0.684. The maximum atomic E-state index is 3.90. The molecule has 0 unspecified atom stereocenters. The van der Waals surface area contributed by atoms with E-state index >= 15 is 0 Å². The van der Waals surface area contributed by atoms with E-state index in [4.69, 9.17) is 0 Å². The van der Waals surface area contributed by atoms with Crippen molar-refractivity contribution in [2.24, 2.45) is 4.99 Å². The topological polar surface area (TPSA) is 12.4 Å². The molecule has 0 amide bonds. The second-order valence-electron chi connectivity index (χ2n) is 1.10. The van der Waals surface area contributed by atoms with Gasteiger partial charge in [0, 0.05) is 10.7 Å². The molecule has 2 heteroatoms. The molecule has 1 nitrogen and oxygen atoms in total. The van der Waals surface area contributed by atoms with Gasteiger partial charge in [-0.1, -0.05) is 15.9 Å². The second kappa shape index (κ2) is 1.56. The normalized spacial score (nSPS) is 18.5. The SMILES string of the molecule is BrC1=CC=NC1. The lowest BCUT2D eigenvalue weighted by atomic mass is 10.6. The molecule has 32 valence electrons. The van der Waals surface area contributed by atoms with Crippen LogP contribution in [0.5, 0.6) is 0 Å². The summed E-state index contributed by atoms with van der Waals surface area (Å²) in [6.45, 7) is 0.833. The van der Waals surface area contributed by atoms with E-state index in [1.54, 1.807) is 6.21 Å². The van der Waals surface area contributed by atoms with Crippen LogP contribution >= 0.6 is 15.9 Å². The van der Waals surface area contributed by atoms with Crippen LogP contribution in [0.3, 0.4) is 0 Å². The standard InChI is InChI=1S/C4H4BrN/c5-4-1-2-6-3-4/h1-2H,3H2. The highest BCUT2D eigenvalue weighted by molar-refractivity contribution is 9.11. The number of aliphatic imine (C=N–C) groups is 1. The molecule has 0 bridgehead atoms. The van der Waals surface area contributed by atoms with Gasteiger partial charge in [0.25, 0.3) is 0 Å². The zero-order valence-corrected chi connectivity index (χ0v) is 4.77. The zero-order chi connectivity index (χ0) is 4.41. The summed E-state index contributed by atoms with van der Waals surface area (Å²) in [6.07, 6.45) is 3.74. The molecule has 1 aliphatic heterocycles. The third-order valence-electron chi connectivity index (χ3n) is 0.603. The molecule has 1 aliphatic rings. The van der Waals surface area contributed by atoms with Crippen molar-refractivity contribution in [3.8, 4) is 0 Å². The summed E-state index contributed by atoms with van der Waals surface area (Å²) in [7, 11) is 0. The Hall–Kier alpha value is -0.110. The molecule has 0 radical (unpaired) electrons. The first kappa shape index (κ1) is 4.06. The number of hydrogen-bond donors (Lipinski definition) is 0. The van der Waals surface area contributed by atoms with Crippen molar-refractivity contribution in [3.05, 3.63) is 10.6 Å². The summed E-state index contributed by atoms with van der Waals surface area (Å²) in [6, 6.07) is 0. The van der Waals surface area contributed by atoms with Crippen LogP contribution in [-0.2, 0) is 0 Å². The molecule has 1 rings (SSSR count). The lowest BCUT2D eigenvalue weighted by Gasteiger charge is -1.75. The van der Waals surface area contributed by atoms with Crippen LogP contribution in [0.1, 0.15) is 0 Å². The van der Waals surface area contributed by atoms with E-state index in [9.17, 15) is 0 Å². The molecule has 0 aromatic rings. The Balaban J connectivity index is 2.61. The zero-order valence-electron chi connectivity index (χ0n) is 3.19. The smallest absolute Gasteiger partial charge is 0.0705 e. The van der Waals surface area contributed by atoms with Crippen molar-refractivity contribution in [1.29, 1.82) is 0 Å². The Morgan fingerprint density at radius 3 is 2.83 bits per heavy atom. The van der Waals surface area contributed by atoms with Gasteiger partial charge < -0.3 is 0 Å². The van der Waals surface area contributed by atoms with E-state index in [1.165, 1.54) is 4.48 Å². The molecule has 0 saturated heterocycles. The molecule has 0 aromatic carbocycles. The predicted molar refractivity (Wildman–Crippen MR) is 30.4 cm³/mol. The minimum Gasteiger partial charge on any atom is -0.288 e. The summed E-state index contributed by atoms with van der Waals surface area (Å²) in [5.74, 6) is 0. The number of allylic oxidation sites excluding steroid dienone is 1. The fourth-order valence-corrected chi connectivity index (χ4v) is 0.589. The largest absolute Gasteiger partial charge is 0.288 e. The minimum absolute atomic E-state index is 0.833. The molecule has 0 aromatic heterocycles. The summed E-state index contributed by atoms with van der Waals surface area (Å²) in [5, 5.41) is 0. The molecule has 0 fully saturated rings. The highest BCUT2D eigenvalue weighted by Gasteiger charge is 1.89. The average Bonchev–Trinajstić information content (AvgIpc) is 1.86. The fraction of sp³-hybridized carbons (Fsp3) is 0.250. The van der Waals surface area contributed by atoms with E-state index in [1.807, 2.05) is 6.08 Å². The Morgan fingerprint density at radius 1 is 1.83 bits per heavy atom. The van der Waals surface area contributed by atoms with Crippen LogP contribution in [0.2, 0.25) is 0 Å². The molecule has 0 saturated carbocycles. The van der Waals surface area contributed by atoms with Crippen molar-refractivity contribution in [3.63, 3.8) is 0 Å². The van der Waals surface area contributed by atoms with Crippen molar-refractivity contribution in [2.75, 3.05) is 6.54 Å². The van der Waals surface area contributed by atoms with E-state index < -0.39 is 0 Å². The van der Waals surface area contributed by atoms with E-state index in [-0.39, 0.29) is 0 Å². The van der Waals surface area contributed by atoms with Crippen molar-refractivity contribution >= 4 is 22.1 Å². The van der Waals surface area contributed by atoms with E-state index in [0.29, 0.717) is 0 Å². The average molecular weight is 146 g/mol. The summed E-state index contributed by atoms with van der Waals surface area (Å²) in [5.41, 5.74) is 0. The van der Waals surface area contributed by atoms with Gasteiger partial charge in [0.2, 0.25) is 0 Å². The van der Waals surface area contributed by atoms with Crippen molar-refractivity contribution in [1.82, 2.24) is 0 Å². The van der Waals surface area contributed by atoms with Gasteiger partial charge in [-0.05, 0) is 6.08 Å². The highest BCUT2D eigenvalue weighted by atomic mass is 79.9. The van der Waals surface area contributed by atoms with Gasteiger partial charge >= 0.3 is 0 Å². The van der Waals surface area contributed by atoms with Crippen LogP contribution < -0.4 is 0 Å². The van der Waals surface area contributed by atoms with Crippen LogP contribution in [0.25, 0.3) is 0 Å². The van der Waals surface area contributed by atoms with Gasteiger partial charge in [-0.15, -0.1) is 0 Å². The summed E-state index contributed by atoms with van der Waals surface area (Å²) >= 11 is 3.27. The number of halogens is 1. The summed E-state index contributed by atoms with van der Waals surface area (Å²) < 4.78 is 1.17. The Morgan fingerprint density at radius 2 is 2.67 bits per heavy atom. The Bertz CT molecular complexity index is 104. The first-order chi connectivity index (χ1) is 2.89. The van der Waals surface area contributed by atoms with Gasteiger partial charge in [0.1, 0.15) is 0 Å². The van der Waals surface area contributed by atoms with Gasteiger partial charge in [-0.25, -0.2) is 0 Å². The van der Waals surface area contributed by atoms with Crippen LogP contribution in [0, 0.1) is 0 Å². The van der Waals surface area contributed by atoms with Crippen molar-refractivity contribution < 1.29 is 0 Å². The molecular weight excluding hydrogens is 142 g/mol. The maximum Gasteiger partial charge on any atom is 0.0705 e. The Labute approximate surface area is 44.9 Å². The molecular formula is C4H4BrN. The molecule has 0 atom stereocenters. The Kier molecular flexibility index (Phi) is 1.05. The molecule has 6 heavy (non-hydrogen) atoms. The van der Waals surface area contributed by atoms with Gasteiger partial charge in [0.05, 0.1) is 6.54 Å². The van der Waals surface area contributed by atoms with Gasteiger partial charge in [-0.3, -0.25) is 4.99 Å². The van der Waals surface area contributed by atoms with Crippen molar-refractivity contribution in [2.45, 2.75) is 0 Å². The number of rotatable bonds is 0. The predicted octanol–water partition coefficient (Wildman–Crippen LogP) is 1.35. The van der Waals surface area contributed by atoms with E-state index in [0.717, 1.165) is 6.54 Å². The van der Waals surface area contributed by atoms with Crippen LogP contribution in [0.15, 0.2) is 15.6 Å². The van der Waals surface area contributed by atoms with Gasteiger partial charge in [0.15, 0.2) is 0 Å². The lowest BCUT2D eigenvalue weighted by molar-refractivity contribution is 1.28. The molecule has 0 N–H and O–H groups in total. The number of nitrogens with zero attached hydrogens (tertiary/aromatic N) is 1. The molecule has 1 heterocycles. The monoisotopic (exact) mass is 145 g/mol. The first-order valence-electron chi connectivity index (χ1n) is 1.74. The minimum atomic E-state index is 0.833. The first-order valence-corrected chi connectivity index (χ1v) is 2.53. The van der Waals surface area contributed by atoms with Crippen LogP contribution in [0.4, 0.5) is 0 Å². The molecule has 0 spiro atoms.